The lowest BCUT2D eigenvalue weighted by Crippen LogP contribution is -2.48. The zero-order chi connectivity index (χ0) is 27.8. The van der Waals surface area contributed by atoms with Crippen LogP contribution in [0.1, 0.15) is 99.3 Å². The molecule has 0 bridgehead atoms. The Hall–Kier alpha value is -1.31. The molecule has 0 aromatic heterocycles. The van der Waals surface area contributed by atoms with Gasteiger partial charge < -0.3 is 19.8 Å². The van der Waals surface area contributed by atoms with Crippen LogP contribution in [0.4, 0.5) is 0 Å². The van der Waals surface area contributed by atoms with Gasteiger partial charge in [0.1, 0.15) is 4.91 Å². The van der Waals surface area contributed by atoms with Gasteiger partial charge in [-0.2, -0.15) is 0 Å². The first-order chi connectivity index (χ1) is 17.4. The highest BCUT2D eigenvalue weighted by Gasteiger charge is 2.38. The van der Waals surface area contributed by atoms with Crippen molar-refractivity contribution >= 4 is 23.6 Å². The molecule has 1 amide bonds. The molecule has 37 heavy (non-hydrogen) atoms. The molecule has 1 heterocycles. The molecule has 0 aromatic carbocycles. The molecule has 0 aromatic rings. The third kappa shape index (κ3) is 9.14. The highest BCUT2D eigenvalue weighted by molar-refractivity contribution is 8.07. The van der Waals surface area contributed by atoms with Crippen molar-refractivity contribution < 1.29 is 24.5 Å². The van der Waals surface area contributed by atoms with Crippen molar-refractivity contribution in [2.45, 2.75) is 105 Å². The Kier molecular flexibility index (Phi) is 12.7. The Morgan fingerprint density at radius 3 is 2.08 bits per heavy atom. The van der Waals surface area contributed by atoms with Crippen LogP contribution < -0.4 is 0 Å². The van der Waals surface area contributed by atoms with Crippen LogP contribution in [0, 0.1) is 29.1 Å². The second-order valence-corrected chi connectivity index (χ2v) is 13.6. The number of esters is 1. The predicted octanol–water partition coefficient (Wildman–Crippen LogP) is 6.28. The molecule has 0 saturated heterocycles. The van der Waals surface area contributed by atoms with Crippen molar-refractivity contribution in [3.05, 3.63) is 21.6 Å². The highest BCUT2D eigenvalue weighted by atomic mass is 32.2. The summed E-state index contributed by atoms with van der Waals surface area (Å²) in [5.74, 6) is 1.16. The summed E-state index contributed by atoms with van der Waals surface area (Å²) >= 11 is 1.42. The Labute approximate surface area is 229 Å². The van der Waals surface area contributed by atoms with E-state index in [2.05, 4.69) is 47.6 Å². The molecular weight excluding hydrogens is 486 g/mol. The third-order valence-electron chi connectivity index (χ3n) is 7.77. The van der Waals surface area contributed by atoms with Gasteiger partial charge >= 0.3 is 5.97 Å². The van der Waals surface area contributed by atoms with E-state index in [4.69, 9.17) is 4.74 Å². The van der Waals surface area contributed by atoms with Crippen molar-refractivity contribution in [2.24, 2.45) is 29.1 Å². The minimum atomic E-state index is -0.766. The van der Waals surface area contributed by atoms with Crippen LogP contribution in [0.3, 0.4) is 0 Å². The van der Waals surface area contributed by atoms with Crippen molar-refractivity contribution in [2.75, 3.05) is 20.3 Å². The first-order valence-corrected chi connectivity index (χ1v) is 15.0. The van der Waals surface area contributed by atoms with Gasteiger partial charge in [0.25, 0.3) is 0 Å². The second-order valence-electron chi connectivity index (χ2n) is 12.5. The van der Waals surface area contributed by atoms with Crippen LogP contribution in [0.15, 0.2) is 21.6 Å². The number of hydrogen-bond donors (Lipinski definition) is 2. The number of methoxy groups -OCH3 is 1. The Balaban J connectivity index is 0.00000112. The molecule has 0 unspecified atom stereocenters. The molecule has 0 atom stereocenters. The van der Waals surface area contributed by atoms with Gasteiger partial charge in [0.2, 0.25) is 5.91 Å². The van der Waals surface area contributed by atoms with Gasteiger partial charge in [-0.1, -0.05) is 59.4 Å². The predicted molar refractivity (Wildman–Crippen MR) is 152 cm³/mol. The highest BCUT2D eigenvalue weighted by Crippen LogP contribution is 2.48. The Morgan fingerprint density at radius 2 is 1.59 bits per heavy atom. The van der Waals surface area contributed by atoms with E-state index in [0.717, 1.165) is 57.3 Å². The van der Waals surface area contributed by atoms with E-state index < -0.39 is 12.0 Å². The quantitative estimate of drug-likeness (QED) is 0.372. The topological polar surface area (TPSA) is 87.1 Å². The molecule has 3 rings (SSSR count). The lowest BCUT2D eigenvalue weighted by Gasteiger charge is -2.39. The van der Waals surface area contributed by atoms with E-state index in [1.165, 1.54) is 28.7 Å². The summed E-state index contributed by atoms with van der Waals surface area (Å²) in [6, 6.07) is -0.766. The first-order valence-electron chi connectivity index (χ1n) is 14.2. The van der Waals surface area contributed by atoms with E-state index in [9.17, 15) is 19.8 Å². The fourth-order valence-electron chi connectivity index (χ4n) is 5.36. The summed E-state index contributed by atoms with van der Waals surface area (Å²) in [6.45, 7) is 12.6. The minimum Gasteiger partial charge on any atom is -0.465 e. The number of allylic oxidation sites excluding steroid dienone is 2. The number of rotatable bonds is 7. The largest absolute Gasteiger partial charge is 0.465 e. The van der Waals surface area contributed by atoms with Gasteiger partial charge in [0.15, 0.2) is 0 Å². The molecule has 2 fully saturated rings. The molecule has 0 spiro atoms. The molecule has 2 N–H and O–H groups in total. The fraction of sp³-hybridized carbons (Fsp3) is 0.800. The number of carbonyl (C=O) groups is 2. The standard InChI is InChI=1S/C26H41NO5S.C4H10/c1-17-5-7-19(8-6-17)24(30)27(20(15-28)16-29)21-9-10-22(33-23(21)25(31)32-4)18-11-13-26(2,3)14-12-18;1-4(2)3/h10,17-20,28-29H,5-9,11-16H2,1-4H3;4H,1-3H3. The van der Waals surface area contributed by atoms with Crippen LogP contribution in [0.2, 0.25) is 0 Å². The maximum atomic E-state index is 13.7. The monoisotopic (exact) mass is 537 g/mol. The number of ether oxygens (including phenoxy) is 1. The fourth-order valence-corrected chi connectivity index (χ4v) is 6.63. The van der Waals surface area contributed by atoms with Crippen LogP contribution >= 0.6 is 11.8 Å². The average Bonchev–Trinajstić information content (AvgIpc) is 2.86. The van der Waals surface area contributed by atoms with E-state index in [0.29, 0.717) is 34.3 Å². The number of carbonyl (C=O) groups excluding carboxylic acids is 2. The smallest absolute Gasteiger partial charge is 0.346 e. The van der Waals surface area contributed by atoms with Crippen LogP contribution in [0.5, 0.6) is 0 Å². The lowest BCUT2D eigenvalue weighted by atomic mass is 9.73. The summed E-state index contributed by atoms with van der Waals surface area (Å²) < 4.78 is 5.12. The van der Waals surface area contributed by atoms with E-state index in [1.807, 2.05) is 0 Å². The molecule has 0 radical (unpaired) electrons. The normalized spacial score (nSPS) is 24.4. The zero-order valence-electron chi connectivity index (χ0n) is 24.2. The zero-order valence-corrected chi connectivity index (χ0v) is 25.0. The van der Waals surface area contributed by atoms with Crippen LogP contribution in [-0.4, -0.2) is 53.4 Å². The molecule has 212 valence electrons. The minimum absolute atomic E-state index is 0.0942. The molecular formula is C30H51NO5S. The summed E-state index contributed by atoms with van der Waals surface area (Å²) in [5.41, 5.74) is 0.919. The first kappa shape index (κ1) is 31.9. The Morgan fingerprint density at radius 1 is 1.05 bits per heavy atom. The van der Waals surface area contributed by atoms with E-state index in [-0.39, 0.29) is 25.0 Å². The van der Waals surface area contributed by atoms with Gasteiger partial charge in [-0.15, -0.1) is 0 Å². The maximum absolute atomic E-state index is 13.7. The molecule has 3 aliphatic rings. The summed E-state index contributed by atoms with van der Waals surface area (Å²) in [4.78, 5) is 29.6. The van der Waals surface area contributed by atoms with Crippen molar-refractivity contribution in [3.8, 4) is 0 Å². The van der Waals surface area contributed by atoms with Gasteiger partial charge in [0, 0.05) is 18.0 Å². The van der Waals surface area contributed by atoms with Crippen LogP contribution in [0.25, 0.3) is 0 Å². The van der Waals surface area contributed by atoms with Gasteiger partial charge in [-0.05, 0) is 79.4 Å². The molecule has 2 saturated carbocycles. The number of aliphatic hydroxyl groups is 2. The number of amides is 1. The molecule has 6 nitrogen and oxygen atoms in total. The number of hydrogen-bond acceptors (Lipinski definition) is 6. The molecule has 2 aliphatic carbocycles. The van der Waals surface area contributed by atoms with E-state index in [1.54, 1.807) is 0 Å². The SMILES string of the molecule is CC(C)C.COC(=O)C1=C(N(C(=O)C2CCC(C)CC2)C(CO)CO)CC=C(C2CCC(C)(C)CC2)S1. The van der Waals surface area contributed by atoms with Gasteiger partial charge in [0.05, 0.1) is 26.4 Å². The average molecular weight is 538 g/mol. The number of thioether (sulfide) groups is 1. The second kappa shape index (κ2) is 14.7. The van der Waals surface area contributed by atoms with Crippen molar-refractivity contribution in [1.29, 1.82) is 0 Å². The third-order valence-corrected chi connectivity index (χ3v) is 9.11. The van der Waals surface area contributed by atoms with Gasteiger partial charge in [-0.25, -0.2) is 4.79 Å². The molecule has 7 heteroatoms. The van der Waals surface area contributed by atoms with E-state index >= 15 is 0 Å². The van der Waals surface area contributed by atoms with Crippen molar-refractivity contribution in [1.82, 2.24) is 4.90 Å². The van der Waals surface area contributed by atoms with Gasteiger partial charge in [-0.3, -0.25) is 4.79 Å². The summed E-state index contributed by atoms with van der Waals surface area (Å²) in [5, 5.41) is 20.0. The lowest BCUT2D eigenvalue weighted by molar-refractivity contribution is -0.139. The molecule has 1 aliphatic heterocycles. The summed E-state index contributed by atoms with van der Waals surface area (Å²) in [7, 11) is 1.36. The Bertz CT molecular complexity index is 809. The number of aliphatic hydroxyl groups excluding tert-OH is 2. The maximum Gasteiger partial charge on any atom is 0.346 e. The summed E-state index contributed by atoms with van der Waals surface area (Å²) in [6.07, 6.45) is 10.6. The van der Waals surface area contributed by atoms with Crippen molar-refractivity contribution in [3.63, 3.8) is 0 Å². The van der Waals surface area contributed by atoms with Crippen LogP contribution in [-0.2, 0) is 14.3 Å². The number of nitrogens with zero attached hydrogens (tertiary/aromatic N) is 1.